The summed E-state index contributed by atoms with van der Waals surface area (Å²) in [6.45, 7) is 5.92. The number of hydrogen-bond donors (Lipinski definition) is 1. The lowest BCUT2D eigenvalue weighted by molar-refractivity contribution is -0.0606. The average molecular weight is 395 g/mol. The summed E-state index contributed by atoms with van der Waals surface area (Å²) in [5.74, 6) is -0.0133. The van der Waals surface area contributed by atoms with Crippen molar-refractivity contribution in [3.05, 3.63) is 53.2 Å². The molecule has 2 unspecified atom stereocenters. The first-order valence-corrected chi connectivity index (χ1v) is 9.94. The number of fused-ring (bicyclic) bond motifs is 1. The van der Waals surface area contributed by atoms with Crippen molar-refractivity contribution in [1.82, 2.24) is 4.98 Å². The summed E-state index contributed by atoms with van der Waals surface area (Å²) in [4.78, 5) is 8.88. The molecular formula is C19H23F2N3O2S. The Bertz CT molecular complexity index is 842. The van der Waals surface area contributed by atoms with Gasteiger partial charge < -0.3 is 14.9 Å². The number of nitrogens with zero attached hydrogens (tertiary/aromatic N) is 2. The van der Waals surface area contributed by atoms with Crippen molar-refractivity contribution in [1.29, 1.82) is 0 Å². The normalized spacial score (nSPS) is 27.2. The van der Waals surface area contributed by atoms with Gasteiger partial charge in [-0.3, -0.25) is 0 Å². The Morgan fingerprint density at radius 1 is 1.30 bits per heavy atom. The van der Waals surface area contributed by atoms with Gasteiger partial charge in [-0.05, 0) is 12.5 Å². The van der Waals surface area contributed by atoms with Crippen LogP contribution in [-0.2, 0) is 10.3 Å². The minimum atomic E-state index is -0.942. The first kappa shape index (κ1) is 19.8. The third kappa shape index (κ3) is 3.73. The van der Waals surface area contributed by atoms with Crippen molar-refractivity contribution in [2.75, 3.05) is 12.4 Å². The fourth-order valence-electron chi connectivity index (χ4n) is 3.54. The summed E-state index contributed by atoms with van der Waals surface area (Å²) >= 11 is 1.44. The van der Waals surface area contributed by atoms with E-state index in [0.717, 1.165) is 11.8 Å². The molecule has 0 aliphatic carbocycles. The van der Waals surface area contributed by atoms with Crippen LogP contribution < -0.4 is 5.73 Å². The SMILES string of the molecule is CC.Cc1nc([C@H]2CC3CSC(N)=NC3(c3ccc(F)cc3F)CO2)co1. The summed E-state index contributed by atoms with van der Waals surface area (Å²) in [5.41, 5.74) is 6.02. The predicted molar refractivity (Wildman–Crippen MR) is 102 cm³/mol. The molecule has 2 aliphatic rings. The Balaban J connectivity index is 0.00000102. The fraction of sp³-hybridized carbons (Fsp3) is 0.474. The van der Waals surface area contributed by atoms with Crippen LogP contribution in [0.4, 0.5) is 8.78 Å². The topological polar surface area (TPSA) is 73.6 Å². The van der Waals surface area contributed by atoms with E-state index >= 15 is 0 Å². The number of nitrogens with two attached hydrogens (primary N) is 1. The lowest BCUT2D eigenvalue weighted by atomic mass is 9.74. The highest BCUT2D eigenvalue weighted by molar-refractivity contribution is 8.13. The molecule has 0 amide bonds. The third-order valence-corrected chi connectivity index (χ3v) is 5.74. The van der Waals surface area contributed by atoms with Crippen molar-refractivity contribution in [2.45, 2.75) is 38.8 Å². The number of oxazole rings is 1. The molecule has 0 radical (unpaired) electrons. The number of rotatable bonds is 2. The first-order chi connectivity index (χ1) is 13.0. The van der Waals surface area contributed by atoms with Crippen molar-refractivity contribution < 1.29 is 17.9 Å². The van der Waals surface area contributed by atoms with Gasteiger partial charge in [-0.1, -0.05) is 31.7 Å². The number of amidine groups is 1. The van der Waals surface area contributed by atoms with E-state index in [1.807, 2.05) is 13.8 Å². The summed E-state index contributed by atoms with van der Waals surface area (Å²) in [7, 11) is 0. The number of ether oxygens (including phenoxy) is 1. The molecule has 1 aromatic carbocycles. The summed E-state index contributed by atoms with van der Waals surface area (Å²) in [6.07, 6.45) is 1.94. The predicted octanol–water partition coefficient (Wildman–Crippen LogP) is 4.32. The van der Waals surface area contributed by atoms with Crippen molar-refractivity contribution >= 4 is 16.9 Å². The molecule has 0 bridgehead atoms. The van der Waals surface area contributed by atoms with Gasteiger partial charge in [0.25, 0.3) is 0 Å². The molecular weight excluding hydrogens is 372 g/mol. The molecule has 27 heavy (non-hydrogen) atoms. The van der Waals surface area contributed by atoms with Gasteiger partial charge in [0.05, 0.1) is 6.61 Å². The van der Waals surface area contributed by atoms with Gasteiger partial charge in [-0.25, -0.2) is 18.8 Å². The van der Waals surface area contributed by atoms with Gasteiger partial charge in [0.15, 0.2) is 11.1 Å². The van der Waals surface area contributed by atoms with E-state index in [0.29, 0.717) is 28.8 Å². The number of benzene rings is 1. The van der Waals surface area contributed by atoms with Crippen LogP contribution in [0.1, 0.15) is 43.5 Å². The zero-order valence-electron chi connectivity index (χ0n) is 15.5. The maximum absolute atomic E-state index is 14.5. The number of halogens is 2. The van der Waals surface area contributed by atoms with E-state index in [1.54, 1.807) is 13.2 Å². The van der Waals surface area contributed by atoms with Gasteiger partial charge in [0.2, 0.25) is 0 Å². The maximum Gasteiger partial charge on any atom is 0.191 e. The van der Waals surface area contributed by atoms with E-state index in [-0.39, 0.29) is 18.6 Å². The summed E-state index contributed by atoms with van der Waals surface area (Å²) in [5, 5.41) is 0.388. The minimum absolute atomic E-state index is 0.0134. The standard InChI is InChI=1S/C17H17F2N3O2S.C2H6/c1-9-21-14(6-23-9)15-4-10-7-25-16(20)22-17(10,8-24-15)12-3-2-11(18)5-13(12)19;1-2/h2-3,5-6,10,15H,4,7-8H2,1H3,(H2,20,22);1-2H3/t10?,15-,17?;/m1./s1. The van der Waals surface area contributed by atoms with Crippen LogP contribution in [0.25, 0.3) is 0 Å². The molecule has 2 aliphatic heterocycles. The molecule has 8 heteroatoms. The lowest BCUT2D eigenvalue weighted by Crippen LogP contribution is -2.48. The second kappa shape index (κ2) is 7.98. The molecule has 0 saturated carbocycles. The third-order valence-electron chi connectivity index (χ3n) is 4.78. The molecule has 2 aromatic rings. The van der Waals surface area contributed by atoms with Crippen LogP contribution in [0.3, 0.4) is 0 Å². The highest BCUT2D eigenvalue weighted by atomic mass is 32.2. The first-order valence-electron chi connectivity index (χ1n) is 8.95. The summed E-state index contributed by atoms with van der Waals surface area (Å²) in [6, 6.07) is 3.56. The van der Waals surface area contributed by atoms with E-state index in [4.69, 9.17) is 14.9 Å². The van der Waals surface area contributed by atoms with Gasteiger partial charge >= 0.3 is 0 Å². The minimum Gasteiger partial charge on any atom is -0.449 e. The number of aliphatic imine (C=N–C) groups is 1. The van der Waals surface area contributed by atoms with Gasteiger partial charge in [0.1, 0.15) is 35.2 Å². The average Bonchev–Trinajstić information content (AvgIpc) is 3.09. The van der Waals surface area contributed by atoms with Crippen molar-refractivity contribution in [3.8, 4) is 0 Å². The van der Waals surface area contributed by atoms with Gasteiger partial charge in [0, 0.05) is 30.2 Å². The largest absolute Gasteiger partial charge is 0.449 e. The Labute approximate surface area is 161 Å². The van der Waals surface area contributed by atoms with E-state index in [9.17, 15) is 8.78 Å². The molecule has 1 aromatic heterocycles. The van der Waals surface area contributed by atoms with Crippen LogP contribution in [-0.4, -0.2) is 22.5 Å². The lowest BCUT2D eigenvalue weighted by Gasteiger charge is -2.46. The van der Waals surface area contributed by atoms with Crippen LogP contribution in [0.5, 0.6) is 0 Å². The second-order valence-corrected chi connectivity index (χ2v) is 7.37. The summed E-state index contributed by atoms with van der Waals surface area (Å²) < 4.78 is 39.1. The molecule has 4 rings (SSSR count). The van der Waals surface area contributed by atoms with Crippen LogP contribution in [0, 0.1) is 24.5 Å². The second-order valence-electron chi connectivity index (χ2n) is 6.33. The molecule has 0 spiro atoms. The van der Waals surface area contributed by atoms with Crippen LogP contribution >= 0.6 is 11.8 Å². The molecule has 1 fully saturated rings. The number of aromatic nitrogens is 1. The Kier molecular flexibility index (Phi) is 5.86. The highest BCUT2D eigenvalue weighted by Gasteiger charge is 2.50. The zero-order valence-corrected chi connectivity index (χ0v) is 16.4. The number of aryl methyl sites for hydroxylation is 1. The van der Waals surface area contributed by atoms with Crippen molar-refractivity contribution in [3.63, 3.8) is 0 Å². The number of hydrogen-bond acceptors (Lipinski definition) is 6. The Hall–Kier alpha value is -1.93. The quantitative estimate of drug-likeness (QED) is 0.820. The molecule has 3 atom stereocenters. The molecule has 3 heterocycles. The number of thioether (sulfide) groups is 1. The van der Waals surface area contributed by atoms with Gasteiger partial charge in [-0.15, -0.1) is 0 Å². The van der Waals surface area contributed by atoms with E-state index in [1.165, 1.54) is 23.9 Å². The van der Waals surface area contributed by atoms with Crippen LogP contribution in [0.2, 0.25) is 0 Å². The molecule has 5 nitrogen and oxygen atoms in total. The molecule has 146 valence electrons. The van der Waals surface area contributed by atoms with E-state index < -0.39 is 17.2 Å². The van der Waals surface area contributed by atoms with Crippen LogP contribution in [0.15, 0.2) is 33.9 Å². The monoisotopic (exact) mass is 395 g/mol. The zero-order chi connectivity index (χ0) is 19.6. The van der Waals surface area contributed by atoms with Crippen molar-refractivity contribution in [2.24, 2.45) is 16.6 Å². The smallest absolute Gasteiger partial charge is 0.191 e. The molecule has 1 saturated heterocycles. The maximum atomic E-state index is 14.5. The Morgan fingerprint density at radius 2 is 2.07 bits per heavy atom. The highest BCUT2D eigenvalue weighted by Crippen LogP contribution is 2.49. The van der Waals surface area contributed by atoms with Gasteiger partial charge in [-0.2, -0.15) is 0 Å². The fourth-order valence-corrected chi connectivity index (χ4v) is 4.56. The Morgan fingerprint density at radius 3 is 2.74 bits per heavy atom. The molecule has 2 N–H and O–H groups in total. The van der Waals surface area contributed by atoms with E-state index in [2.05, 4.69) is 9.98 Å².